The number of hydrogen-bond acceptors (Lipinski definition) is 2. The summed E-state index contributed by atoms with van der Waals surface area (Å²) in [5, 5.41) is 3.11. The molecule has 0 atom stereocenters. The molecule has 0 aliphatic carbocycles. The molecule has 0 radical (unpaired) electrons. The third kappa shape index (κ3) is 3.32. The van der Waals surface area contributed by atoms with Crippen molar-refractivity contribution in [3.8, 4) is 0 Å². The van der Waals surface area contributed by atoms with E-state index in [1.54, 1.807) is 12.3 Å². The van der Waals surface area contributed by atoms with Crippen LogP contribution in [0.1, 0.15) is 11.3 Å². The number of hydrogen-bond donors (Lipinski definition) is 1. The van der Waals surface area contributed by atoms with E-state index in [1.165, 1.54) is 6.07 Å². The first kappa shape index (κ1) is 11.7. The van der Waals surface area contributed by atoms with Gasteiger partial charge in [0.25, 0.3) is 0 Å². The first-order valence-electron chi connectivity index (χ1n) is 5.30. The Morgan fingerprint density at radius 2 is 1.88 bits per heavy atom. The number of aromatic nitrogens is 1. The lowest BCUT2D eigenvalue weighted by molar-refractivity contribution is 0.506. The summed E-state index contributed by atoms with van der Waals surface area (Å²) in [4.78, 5) is 4.15. The molecule has 4 heteroatoms. The van der Waals surface area contributed by atoms with Crippen molar-refractivity contribution in [2.75, 3.05) is 0 Å². The van der Waals surface area contributed by atoms with Gasteiger partial charge in [-0.15, -0.1) is 0 Å². The molecular formula is C13H12F2N2. The van der Waals surface area contributed by atoms with Crippen molar-refractivity contribution in [3.63, 3.8) is 0 Å². The fraction of sp³-hybridized carbons (Fsp3) is 0.154. The zero-order valence-corrected chi connectivity index (χ0v) is 9.16. The van der Waals surface area contributed by atoms with Gasteiger partial charge < -0.3 is 5.32 Å². The molecule has 0 aliphatic heterocycles. The van der Waals surface area contributed by atoms with Gasteiger partial charge in [0, 0.05) is 19.3 Å². The second kappa shape index (κ2) is 5.50. The van der Waals surface area contributed by atoms with Crippen molar-refractivity contribution < 1.29 is 8.78 Å². The highest BCUT2D eigenvalue weighted by atomic mass is 19.2. The van der Waals surface area contributed by atoms with Crippen molar-refractivity contribution in [1.82, 2.24) is 10.3 Å². The third-order valence-corrected chi connectivity index (χ3v) is 2.35. The molecule has 2 nitrogen and oxygen atoms in total. The SMILES string of the molecule is Fc1ccc(CNCc2ccccn2)cc1F. The van der Waals surface area contributed by atoms with E-state index in [9.17, 15) is 8.78 Å². The average Bonchev–Trinajstić information content (AvgIpc) is 2.35. The van der Waals surface area contributed by atoms with Gasteiger partial charge in [-0.1, -0.05) is 12.1 Å². The van der Waals surface area contributed by atoms with E-state index in [4.69, 9.17) is 0 Å². The largest absolute Gasteiger partial charge is 0.307 e. The van der Waals surface area contributed by atoms with Crippen LogP contribution in [0.15, 0.2) is 42.6 Å². The van der Waals surface area contributed by atoms with E-state index in [1.807, 2.05) is 18.2 Å². The normalized spacial score (nSPS) is 10.5. The lowest BCUT2D eigenvalue weighted by Crippen LogP contribution is -2.13. The maximum Gasteiger partial charge on any atom is 0.159 e. The van der Waals surface area contributed by atoms with Gasteiger partial charge in [-0.3, -0.25) is 4.98 Å². The lowest BCUT2D eigenvalue weighted by Gasteiger charge is -2.04. The predicted octanol–water partition coefficient (Wildman–Crippen LogP) is 2.65. The number of rotatable bonds is 4. The minimum atomic E-state index is -0.821. The standard InChI is InChI=1S/C13H12F2N2/c14-12-5-4-10(7-13(12)15)8-16-9-11-3-1-2-6-17-11/h1-7,16H,8-9H2. The van der Waals surface area contributed by atoms with Gasteiger partial charge in [-0.25, -0.2) is 8.78 Å². The number of benzene rings is 1. The fourth-order valence-corrected chi connectivity index (χ4v) is 1.49. The monoisotopic (exact) mass is 234 g/mol. The molecule has 0 aliphatic rings. The Balaban J connectivity index is 1.88. The summed E-state index contributed by atoms with van der Waals surface area (Å²) in [7, 11) is 0. The molecule has 1 N–H and O–H groups in total. The van der Waals surface area contributed by atoms with Gasteiger partial charge in [-0.2, -0.15) is 0 Å². The predicted molar refractivity (Wildman–Crippen MR) is 61.1 cm³/mol. The molecule has 0 bridgehead atoms. The molecular weight excluding hydrogens is 222 g/mol. The Morgan fingerprint density at radius 1 is 1.00 bits per heavy atom. The van der Waals surface area contributed by atoms with Gasteiger partial charge in [0.05, 0.1) is 5.69 Å². The Labute approximate surface area is 98.3 Å². The Hall–Kier alpha value is -1.81. The summed E-state index contributed by atoms with van der Waals surface area (Å²) in [6, 6.07) is 9.54. The van der Waals surface area contributed by atoms with Gasteiger partial charge in [-0.05, 0) is 29.8 Å². The lowest BCUT2D eigenvalue weighted by atomic mass is 10.2. The fourth-order valence-electron chi connectivity index (χ4n) is 1.49. The molecule has 0 unspecified atom stereocenters. The highest BCUT2D eigenvalue weighted by molar-refractivity contribution is 5.17. The Kier molecular flexibility index (Phi) is 3.77. The first-order valence-corrected chi connectivity index (χ1v) is 5.30. The van der Waals surface area contributed by atoms with Gasteiger partial charge >= 0.3 is 0 Å². The molecule has 0 fully saturated rings. The smallest absolute Gasteiger partial charge is 0.159 e. The molecule has 1 aromatic carbocycles. The molecule has 0 saturated carbocycles. The molecule has 17 heavy (non-hydrogen) atoms. The highest BCUT2D eigenvalue weighted by Crippen LogP contribution is 2.08. The molecule has 2 aromatic rings. The Bertz CT molecular complexity index is 486. The minimum Gasteiger partial charge on any atom is -0.307 e. The van der Waals surface area contributed by atoms with Crippen molar-refractivity contribution in [1.29, 1.82) is 0 Å². The zero-order chi connectivity index (χ0) is 12.1. The molecule has 0 saturated heterocycles. The van der Waals surface area contributed by atoms with Crippen LogP contribution in [0.4, 0.5) is 8.78 Å². The molecule has 0 amide bonds. The minimum absolute atomic E-state index is 0.480. The summed E-state index contributed by atoms with van der Waals surface area (Å²) >= 11 is 0. The maximum atomic E-state index is 12.9. The number of nitrogens with zero attached hydrogens (tertiary/aromatic N) is 1. The highest BCUT2D eigenvalue weighted by Gasteiger charge is 2.02. The van der Waals surface area contributed by atoms with Crippen LogP contribution in [0.25, 0.3) is 0 Å². The summed E-state index contributed by atoms with van der Waals surface area (Å²) in [6.07, 6.45) is 1.72. The second-order valence-electron chi connectivity index (χ2n) is 3.67. The van der Waals surface area contributed by atoms with E-state index >= 15 is 0 Å². The average molecular weight is 234 g/mol. The van der Waals surface area contributed by atoms with Crippen molar-refractivity contribution in [3.05, 3.63) is 65.5 Å². The van der Waals surface area contributed by atoms with Crippen LogP contribution in [-0.2, 0) is 13.1 Å². The summed E-state index contributed by atoms with van der Waals surface area (Å²) in [6.45, 7) is 1.08. The Morgan fingerprint density at radius 3 is 2.59 bits per heavy atom. The molecule has 1 heterocycles. The van der Waals surface area contributed by atoms with Crippen LogP contribution in [0, 0.1) is 11.6 Å². The van der Waals surface area contributed by atoms with Gasteiger partial charge in [0.1, 0.15) is 0 Å². The second-order valence-corrected chi connectivity index (χ2v) is 3.67. The summed E-state index contributed by atoms with van der Waals surface area (Å²) in [5.74, 6) is -1.64. The van der Waals surface area contributed by atoms with Gasteiger partial charge in [0.2, 0.25) is 0 Å². The van der Waals surface area contributed by atoms with Gasteiger partial charge in [0.15, 0.2) is 11.6 Å². The van der Waals surface area contributed by atoms with Crippen LogP contribution in [0.5, 0.6) is 0 Å². The number of pyridine rings is 1. The first-order chi connectivity index (χ1) is 8.25. The van der Waals surface area contributed by atoms with E-state index in [2.05, 4.69) is 10.3 Å². The van der Waals surface area contributed by atoms with Crippen LogP contribution >= 0.6 is 0 Å². The van der Waals surface area contributed by atoms with E-state index in [-0.39, 0.29) is 0 Å². The van der Waals surface area contributed by atoms with E-state index < -0.39 is 11.6 Å². The van der Waals surface area contributed by atoms with Crippen molar-refractivity contribution in [2.24, 2.45) is 0 Å². The van der Waals surface area contributed by atoms with E-state index in [0.29, 0.717) is 18.7 Å². The van der Waals surface area contributed by atoms with E-state index in [0.717, 1.165) is 11.8 Å². The summed E-state index contributed by atoms with van der Waals surface area (Å²) in [5.41, 5.74) is 1.62. The van der Waals surface area contributed by atoms with Crippen molar-refractivity contribution in [2.45, 2.75) is 13.1 Å². The molecule has 1 aromatic heterocycles. The quantitative estimate of drug-likeness (QED) is 0.879. The molecule has 0 spiro atoms. The third-order valence-electron chi connectivity index (χ3n) is 2.35. The molecule has 88 valence electrons. The number of halogens is 2. The van der Waals surface area contributed by atoms with Crippen LogP contribution in [0.3, 0.4) is 0 Å². The number of nitrogens with one attached hydrogen (secondary N) is 1. The van der Waals surface area contributed by atoms with Crippen LogP contribution < -0.4 is 5.32 Å². The van der Waals surface area contributed by atoms with Crippen LogP contribution in [0.2, 0.25) is 0 Å². The maximum absolute atomic E-state index is 12.9. The van der Waals surface area contributed by atoms with Crippen LogP contribution in [-0.4, -0.2) is 4.98 Å². The zero-order valence-electron chi connectivity index (χ0n) is 9.16. The molecule has 2 rings (SSSR count). The topological polar surface area (TPSA) is 24.9 Å². The van der Waals surface area contributed by atoms with Crippen molar-refractivity contribution >= 4 is 0 Å². The summed E-state index contributed by atoms with van der Waals surface area (Å²) < 4.78 is 25.6.